The zero-order chi connectivity index (χ0) is 14.4. The third-order valence-electron chi connectivity index (χ3n) is 3.45. The molecular formula is C17H20FNO. The van der Waals surface area contributed by atoms with E-state index in [4.69, 9.17) is 4.74 Å². The van der Waals surface area contributed by atoms with Crippen LogP contribution in [0.1, 0.15) is 23.5 Å². The van der Waals surface area contributed by atoms with Crippen LogP contribution >= 0.6 is 0 Å². The molecule has 0 aliphatic heterocycles. The van der Waals surface area contributed by atoms with Crippen LogP contribution in [0.25, 0.3) is 0 Å². The van der Waals surface area contributed by atoms with E-state index in [1.807, 2.05) is 37.4 Å². The molecule has 0 aliphatic carbocycles. The van der Waals surface area contributed by atoms with Gasteiger partial charge in [0, 0.05) is 5.92 Å². The second-order valence-electron chi connectivity index (χ2n) is 4.77. The van der Waals surface area contributed by atoms with Crippen molar-refractivity contribution in [3.8, 4) is 5.75 Å². The molecule has 2 aromatic carbocycles. The summed E-state index contributed by atoms with van der Waals surface area (Å²) >= 11 is 0. The van der Waals surface area contributed by atoms with Gasteiger partial charge in [-0.3, -0.25) is 0 Å². The second kappa shape index (κ2) is 7.06. The summed E-state index contributed by atoms with van der Waals surface area (Å²) in [6.07, 6.45) is 0.954. The normalized spacial score (nSPS) is 12.2. The van der Waals surface area contributed by atoms with E-state index >= 15 is 0 Å². The van der Waals surface area contributed by atoms with Crippen LogP contribution in [0.3, 0.4) is 0 Å². The van der Waals surface area contributed by atoms with Crippen molar-refractivity contribution in [3.05, 3.63) is 65.5 Å². The predicted octanol–water partition coefficient (Wildman–Crippen LogP) is 3.58. The highest BCUT2D eigenvalue weighted by molar-refractivity contribution is 5.37. The molecule has 0 spiro atoms. The zero-order valence-corrected chi connectivity index (χ0v) is 11.9. The Balaban J connectivity index is 2.32. The molecule has 2 aromatic rings. The van der Waals surface area contributed by atoms with Gasteiger partial charge in [0.15, 0.2) is 0 Å². The summed E-state index contributed by atoms with van der Waals surface area (Å²) in [6, 6.07) is 14.8. The summed E-state index contributed by atoms with van der Waals surface area (Å²) < 4.78 is 18.4. The Kier molecular flexibility index (Phi) is 5.13. The van der Waals surface area contributed by atoms with Gasteiger partial charge in [-0.2, -0.15) is 0 Å². The fraction of sp³-hybridized carbons (Fsp3) is 0.294. The van der Waals surface area contributed by atoms with E-state index in [9.17, 15) is 4.39 Å². The molecule has 2 nitrogen and oxygen atoms in total. The van der Waals surface area contributed by atoms with E-state index in [2.05, 4.69) is 11.4 Å². The van der Waals surface area contributed by atoms with Crippen LogP contribution < -0.4 is 10.1 Å². The predicted molar refractivity (Wildman–Crippen MR) is 79.8 cm³/mol. The summed E-state index contributed by atoms with van der Waals surface area (Å²) in [5, 5.41) is 3.17. The number of ether oxygens (including phenoxy) is 1. The highest BCUT2D eigenvalue weighted by atomic mass is 19.1. The molecule has 1 unspecified atom stereocenters. The molecule has 0 aromatic heterocycles. The van der Waals surface area contributed by atoms with E-state index in [0.29, 0.717) is 0 Å². The molecule has 0 aliphatic rings. The third-order valence-corrected chi connectivity index (χ3v) is 3.45. The van der Waals surface area contributed by atoms with Crippen molar-refractivity contribution in [2.24, 2.45) is 0 Å². The number of halogens is 1. The SMILES string of the molecule is CNCCC(c1ccc(F)cc1)c1cccc(OC)c1. The minimum Gasteiger partial charge on any atom is -0.497 e. The third kappa shape index (κ3) is 3.58. The van der Waals surface area contributed by atoms with Crippen molar-refractivity contribution in [2.45, 2.75) is 12.3 Å². The lowest BCUT2D eigenvalue weighted by Crippen LogP contribution is -2.13. The number of rotatable bonds is 6. The molecular weight excluding hydrogens is 253 g/mol. The Hall–Kier alpha value is -1.87. The minimum atomic E-state index is -0.202. The Labute approximate surface area is 119 Å². The van der Waals surface area contributed by atoms with Gasteiger partial charge in [-0.05, 0) is 55.4 Å². The van der Waals surface area contributed by atoms with Crippen LogP contribution in [0.4, 0.5) is 4.39 Å². The lowest BCUT2D eigenvalue weighted by atomic mass is 9.88. The fourth-order valence-corrected chi connectivity index (χ4v) is 2.37. The van der Waals surface area contributed by atoms with Gasteiger partial charge in [-0.25, -0.2) is 4.39 Å². The molecule has 0 saturated carbocycles. The van der Waals surface area contributed by atoms with Gasteiger partial charge in [-0.15, -0.1) is 0 Å². The van der Waals surface area contributed by atoms with Gasteiger partial charge in [0.25, 0.3) is 0 Å². The van der Waals surface area contributed by atoms with E-state index in [0.717, 1.165) is 24.3 Å². The number of hydrogen-bond acceptors (Lipinski definition) is 2. The van der Waals surface area contributed by atoms with Crippen molar-refractivity contribution in [1.29, 1.82) is 0 Å². The first kappa shape index (κ1) is 14.5. The van der Waals surface area contributed by atoms with Crippen LogP contribution in [0.5, 0.6) is 5.75 Å². The highest BCUT2D eigenvalue weighted by Gasteiger charge is 2.14. The molecule has 0 saturated heterocycles. The number of hydrogen-bond donors (Lipinski definition) is 1. The largest absolute Gasteiger partial charge is 0.497 e. The molecule has 1 N–H and O–H groups in total. The van der Waals surface area contributed by atoms with Gasteiger partial charge < -0.3 is 10.1 Å². The first-order valence-electron chi connectivity index (χ1n) is 6.78. The van der Waals surface area contributed by atoms with Crippen molar-refractivity contribution < 1.29 is 9.13 Å². The molecule has 1 atom stereocenters. The monoisotopic (exact) mass is 273 g/mol. The summed E-state index contributed by atoms with van der Waals surface area (Å²) in [7, 11) is 3.60. The van der Waals surface area contributed by atoms with Crippen molar-refractivity contribution >= 4 is 0 Å². The molecule has 0 heterocycles. The van der Waals surface area contributed by atoms with Gasteiger partial charge in [0.1, 0.15) is 11.6 Å². The summed E-state index contributed by atoms with van der Waals surface area (Å²) in [5.74, 6) is 0.879. The number of benzene rings is 2. The standard InChI is InChI=1S/C17H20FNO/c1-19-11-10-17(13-6-8-15(18)9-7-13)14-4-3-5-16(12-14)20-2/h3-9,12,17,19H,10-11H2,1-2H3. The second-order valence-corrected chi connectivity index (χ2v) is 4.77. The van der Waals surface area contributed by atoms with E-state index < -0.39 is 0 Å². The van der Waals surface area contributed by atoms with Crippen molar-refractivity contribution in [3.63, 3.8) is 0 Å². The number of methoxy groups -OCH3 is 1. The van der Waals surface area contributed by atoms with E-state index in [1.165, 1.54) is 17.7 Å². The van der Waals surface area contributed by atoms with Crippen molar-refractivity contribution in [2.75, 3.05) is 20.7 Å². The maximum Gasteiger partial charge on any atom is 0.123 e. The first-order valence-corrected chi connectivity index (χ1v) is 6.78. The lowest BCUT2D eigenvalue weighted by molar-refractivity contribution is 0.414. The molecule has 0 radical (unpaired) electrons. The molecule has 0 amide bonds. The lowest BCUT2D eigenvalue weighted by Gasteiger charge is -2.18. The molecule has 0 fully saturated rings. The Morgan fingerprint density at radius 2 is 1.85 bits per heavy atom. The van der Waals surface area contributed by atoms with Crippen LogP contribution in [0.2, 0.25) is 0 Å². The average molecular weight is 273 g/mol. The van der Waals surface area contributed by atoms with Crippen LogP contribution in [-0.4, -0.2) is 20.7 Å². The van der Waals surface area contributed by atoms with Crippen molar-refractivity contribution in [1.82, 2.24) is 5.32 Å². The topological polar surface area (TPSA) is 21.3 Å². The zero-order valence-electron chi connectivity index (χ0n) is 11.9. The smallest absolute Gasteiger partial charge is 0.123 e. The Morgan fingerprint density at radius 1 is 1.10 bits per heavy atom. The van der Waals surface area contributed by atoms with Crippen LogP contribution in [-0.2, 0) is 0 Å². The molecule has 0 bridgehead atoms. The highest BCUT2D eigenvalue weighted by Crippen LogP contribution is 2.30. The first-order chi connectivity index (χ1) is 9.74. The summed E-state index contributed by atoms with van der Waals surface area (Å²) in [4.78, 5) is 0. The average Bonchev–Trinajstić information content (AvgIpc) is 2.49. The van der Waals surface area contributed by atoms with Gasteiger partial charge >= 0.3 is 0 Å². The molecule has 2 rings (SSSR count). The Morgan fingerprint density at radius 3 is 2.50 bits per heavy atom. The van der Waals surface area contributed by atoms with Crippen LogP contribution in [0, 0.1) is 5.82 Å². The molecule has 20 heavy (non-hydrogen) atoms. The molecule has 106 valence electrons. The maximum absolute atomic E-state index is 13.1. The number of nitrogens with one attached hydrogen (secondary N) is 1. The van der Waals surface area contributed by atoms with Gasteiger partial charge in [-0.1, -0.05) is 24.3 Å². The van der Waals surface area contributed by atoms with E-state index in [-0.39, 0.29) is 11.7 Å². The Bertz CT molecular complexity index is 539. The maximum atomic E-state index is 13.1. The fourth-order valence-electron chi connectivity index (χ4n) is 2.37. The quantitative estimate of drug-likeness (QED) is 0.868. The van der Waals surface area contributed by atoms with E-state index in [1.54, 1.807) is 7.11 Å². The van der Waals surface area contributed by atoms with Gasteiger partial charge in [0.05, 0.1) is 7.11 Å². The van der Waals surface area contributed by atoms with Crippen LogP contribution in [0.15, 0.2) is 48.5 Å². The summed E-state index contributed by atoms with van der Waals surface area (Å²) in [6.45, 7) is 0.902. The van der Waals surface area contributed by atoms with Gasteiger partial charge in [0.2, 0.25) is 0 Å². The molecule has 3 heteroatoms. The minimum absolute atomic E-state index is 0.202. The summed E-state index contributed by atoms with van der Waals surface area (Å²) in [5.41, 5.74) is 2.31.